The normalized spacial score (nSPS) is 15.1. The van der Waals surface area contributed by atoms with Gasteiger partial charge >= 0.3 is 6.18 Å². The van der Waals surface area contributed by atoms with Crippen LogP contribution in [0.25, 0.3) is 10.9 Å². The summed E-state index contributed by atoms with van der Waals surface area (Å²) in [5, 5.41) is 3.81. The number of aromatic amines is 1. The molecule has 2 aromatic carbocycles. The van der Waals surface area contributed by atoms with Gasteiger partial charge in [-0.2, -0.15) is 13.2 Å². The molecule has 1 heterocycles. The first-order valence-electron chi connectivity index (χ1n) is 10.0. The summed E-state index contributed by atoms with van der Waals surface area (Å²) in [5.41, 5.74) is 1.20. The number of aromatic nitrogens is 1. The third kappa shape index (κ3) is 4.69. The number of alkyl halides is 3. The number of hydrogen-bond donors (Lipinski definition) is 2. The van der Waals surface area contributed by atoms with Crippen molar-refractivity contribution in [3.05, 3.63) is 59.8 Å². The van der Waals surface area contributed by atoms with Crippen molar-refractivity contribution in [1.82, 2.24) is 4.98 Å². The number of benzene rings is 2. The molecule has 0 aliphatic heterocycles. The van der Waals surface area contributed by atoms with Crippen molar-refractivity contribution in [2.24, 2.45) is 5.41 Å². The van der Waals surface area contributed by atoms with Crippen LogP contribution in [0.4, 0.5) is 18.9 Å². The molecule has 5 nitrogen and oxygen atoms in total. The lowest BCUT2D eigenvalue weighted by Crippen LogP contribution is -2.27. The molecule has 1 aliphatic carbocycles. The Balaban J connectivity index is 1.39. The van der Waals surface area contributed by atoms with Crippen molar-refractivity contribution in [3.63, 3.8) is 0 Å². The van der Waals surface area contributed by atoms with Gasteiger partial charge in [0.15, 0.2) is 0 Å². The first-order valence-corrected chi connectivity index (χ1v) is 10.0. The first kappa shape index (κ1) is 21.2. The van der Waals surface area contributed by atoms with Gasteiger partial charge in [0.1, 0.15) is 5.75 Å². The van der Waals surface area contributed by atoms with Gasteiger partial charge in [0.25, 0.3) is 0 Å². The van der Waals surface area contributed by atoms with Gasteiger partial charge in [-0.3, -0.25) is 4.79 Å². The molecule has 0 spiro atoms. The number of methoxy groups -OCH3 is 1. The number of carbonyl (C=O) groups excluding carboxylic acids is 1. The molecule has 4 rings (SSSR count). The average molecular weight is 432 g/mol. The Kier molecular flexibility index (Phi) is 5.66. The molecular weight excluding hydrogens is 409 g/mol. The molecule has 0 atom stereocenters. The van der Waals surface area contributed by atoms with Gasteiger partial charge in [0, 0.05) is 30.6 Å². The standard InChI is InChI=1S/C23H23F3N2O3/c1-30-14-22(9-10-22)21(29)28-20-13-27-19-7-6-17(12-18(19)20)31-11-8-15-2-4-16(5-3-15)23(24,25)26/h2-7,12-13,27H,8-11,14H2,1H3,(H,28,29). The van der Waals surface area contributed by atoms with Crippen LogP contribution in [0.15, 0.2) is 48.7 Å². The third-order valence-electron chi connectivity index (χ3n) is 5.60. The van der Waals surface area contributed by atoms with Crippen molar-refractivity contribution in [2.75, 3.05) is 25.6 Å². The van der Waals surface area contributed by atoms with Gasteiger partial charge in [-0.15, -0.1) is 0 Å². The number of ether oxygens (including phenoxy) is 2. The number of nitrogens with one attached hydrogen (secondary N) is 2. The second-order valence-corrected chi connectivity index (χ2v) is 7.87. The Bertz CT molecular complexity index is 1070. The fraction of sp³-hybridized carbons (Fsp3) is 0.348. The lowest BCUT2D eigenvalue weighted by Gasteiger charge is -2.13. The fourth-order valence-electron chi connectivity index (χ4n) is 3.56. The summed E-state index contributed by atoms with van der Waals surface area (Å²) < 4.78 is 48.9. The van der Waals surface area contributed by atoms with Crippen LogP contribution in [0.1, 0.15) is 24.0 Å². The molecule has 2 N–H and O–H groups in total. The van der Waals surface area contributed by atoms with Crippen LogP contribution in [0, 0.1) is 5.41 Å². The van der Waals surface area contributed by atoms with E-state index in [0.717, 1.165) is 41.4 Å². The molecule has 31 heavy (non-hydrogen) atoms. The minimum atomic E-state index is -4.34. The summed E-state index contributed by atoms with van der Waals surface area (Å²) in [6.45, 7) is 0.722. The number of carbonyl (C=O) groups is 1. The highest BCUT2D eigenvalue weighted by atomic mass is 19.4. The number of H-pyrrole nitrogens is 1. The Hall–Kier alpha value is -3.00. The van der Waals surface area contributed by atoms with Crippen LogP contribution >= 0.6 is 0 Å². The molecule has 0 radical (unpaired) electrons. The predicted molar refractivity (Wildman–Crippen MR) is 111 cm³/mol. The molecule has 1 fully saturated rings. The summed E-state index contributed by atoms with van der Waals surface area (Å²) >= 11 is 0. The summed E-state index contributed by atoms with van der Waals surface area (Å²) in [4.78, 5) is 15.8. The van der Waals surface area contributed by atoms with E-state index in [-0.39, 0.29) is 5.91 Å². The minimum absolute atomic E-state index is 0.0520. The molecule has 0 bridgehead atoms. The van der Waals surface area contributed by atoms with Crippen LogP contribution in [0.2, 0.25) is 0 Å². The highest BCUT2D eigenvalue weighted by molar-refractivity contribution is 6.04. The molecule has 164 valence electrons. The smallest absolute Gasteiger partial charge is 0.416 e. The van der Waals surface area contributed by atoms with Crippen molar-refractivity contribution < 1.29 is 27.4 Å². The Morgan fingerprint density at radius 3 is 2.55 bits per heavy atom. The van der Waals surface area contributed by atoms with Crippen LogP contribution < -0.4 is 10.1 Å². The van der Waals surface area contributed by atoms with Gasteiger partial charge in [-0.25, -0.2) is 0 Å². The maximum atomic E-state index is 12.7. The molecule has 8 heteroatoms. The summed E-state index contributed by atoms with van der Waals surface area (Å²) in [6.07, 6.45) is -0.485. The molecule has 0 unspecified atom stereocenters. The van der Waals surface area contributed by atoms with Gasteiger partial charge < -0.3 is 19.8 Å². The summed E-state index contributed by atoms with van der Waals surface area (Å²) in [6, 6.07) is 10.6. The topological polar surface area (TPSA) is 63.3 Å². The zero-order chi connectivity index (χ0) is 22.1. The molecule has 3 aromatic rings. The Morgan fingerprint density at radius 1 is 1.16 bits per heavy atom. The highest BCUT2D eigenvalue weighted by Crippen LogP contribution is 2.47. The molecule has 1 saturated carbocycles. The Labute approximate surface area is 177 Å². The lowest BCUT2D eigenvalue weighted by atomic mass is 10.1. The number of hydrogen-bond acceptors (Lipinski definition) is 3. The van der Waals surface area contributed by atoms with Crippen molar-refractivity contribution in [3.8, 4) is 5.75 Å². The van der Waals surface area contributed by atoms with E-state index in [1.807, 2.05) is 18.2 Å². The molecule has 1 aromatic heterocycles. The van der Waals surface area contributed by atoms with Crippen LogP contribution in [0.3, 0.4) is 0 Å². The minimum Gasteiger partial charge on any atom is -0.493 e. The van der Waals surface area contributed by atoms with Crippen molar-refractivity contribution in [1.29, 1.82) is 0 Å². The highest BCUT2D eigenvalue weighted by Gasteiger charge is 2.50. The van der Waals surface area contributed by atoms with Crippen LogP contribution in [-0.2, 0) is 22.1 Å². The first-order chi connectivity index (χ1) is 14.8. The number of anilines is 1. The SMILES string of the molecule is COCC1(C(=O)Nc2c[nH]c3ccc(OCCc4ccc(C(F)(F)F)cc4)cc23)CC1. The lowest BCUT2D eigenvalue weighted by molar-refractivity contribution is -0.137. The van der Waals surface area contributed by atoms with E-state index < -0.39 is 17.2 Å². The van der Waals surface area contributed by atoms with Gasteiger partial charge in [-0.1, -0.05) is 12.1 Å². The summed E-state index contributed by atoms with van der Waals surface area (Å²) in [5.74, 6) is 0.566. The number of rotatable bonds is 8. The van der Waals surface area contributed by atoms with E-state index in [0.29, 0.717) is 31.1 Å². The zero-order valence-electron chi connectivity index (χ0n) is 17.0. The second kappa shape index (κ2) is 8.26. The zero-order valence-corrected chi connectivity index (χ0v) is 17.0. The monoisotopic (exact) mass is 432 g/mol. The quantitative estimate of drug-likeness (QED) is 0.516. The number of halogens is 3. The molecule has 0 saturated heterocycles. The molecule has 1 amide bonds. The Morgan fingerprint density at radius 2 is 1.90 bits per heavy atom. The van der Waals surface area contributed by atoms with E-state index in [9.17, 15) is 18.0 Å². The number of fused-ring (bicyclic) bond motifs is 1. The average Bonchev–Trinajstić information content (AvgIpc) is 3.42. The fourth-order valence-corrected chi connectivity index (χ4v) is 3.56. The second-order valence-electron chi connectivity index (χ2n) is 7.87. The van der Waals surface area contributed by atoms with E-state index in [1.54, 1.807) is 13.3 Å². The molecule has 1 aliphatic rings. The van der Waals surface area contributed by atoms with E-state index in [4.69, 9.17) is 9.47 Å². The summed E-state index contributed by atoms with van der Waals surface area (Å²) in [7, 11) is 1.59. The number of amides is 1. The van der Waals surface area contributed by atoms with Crippen molar-refractivity contribution in [2.45, 2.75) is 25.4 Å². The maximum Gasteiger partial charge on any atom is 0.416 e. The van der Waals surface area contributed by atoms with Crippen LogP contribution in [-0.4, -0.2) is 31.2 Å². The third-order valence-corrected chi connectivity index (χ3v) is 5.60. The predicted octanol–water partition coefficient (Wildman–Crippen LogP) is 5.17. The van der Waals surface area contributed by atoms with E-state index in [1.165, 1.54) is 12.1 Å². The van der Waals surface area contributed by atoms with E-state index in [2.05, 4.69) is 10.3 Å². The van der Waals surface area contributed by atoms with Gasteiger partial charge in [0.05, 0.1) is 29.9 Å². The molecular formula is C23H23F3N2O3. The van der Waals surface area contributed by atoms with E-state index >= 15 is 0 Å². The van der Waals surface area contributed by atoms with Crippen molar-refractivity contribution >= 4 is 22.5 Å². The van der Waals surface area contributed by atoms with Gasteiger partial charge in [0.2, 0.25) is 5.91 Å². The van der Waals surface area contributed by atoms with Gasteiger partial charge in [-0.05, 0) is 48.7 Å². The maximum absolute atomic E-state index is 12.7. The largest absolute Gasteiger partial charge is 0.493 e. The van der Waals surface area contributed by atoms with Crippen LogP contribution in [0.5, 0.6) is 5.75 Å².